The molecule has 1 aromatic heterocycles. The topological polar surface area (TPSA) is 128 Å². The van der Waals surface area contributed by atoms with E-state index in [9.17, 15) is 20.2 Å². The molecule has 2 atom stereocenters. The number of rotatable bonds is 6. The number of hydrogen-bond donors (Lipinski definition) is 1. The van der Waals surface area contributed by atoms with E-state index in [1.807, 2.05) is 30.3 Å². The minimum Gasteiger partial charge on any atom is -0.358 e. The van der Waals surface area contributed by atoms with E-state index in [4.69, 9.17) is 5.73 Å². The lowest BCUT2D eigenvalue weighted by Crippen LogP contribution is -2.68. The third-order valence-electron chi connectivity index (χ3n) is 5.41. The highest BCUT2D eigenvalue weighted by molar-refractivity contribution is 5.52. The summed E-state index contributed by atoms with van der Waals surface area (Å²) in [6, 6.07) is 12.2. The predicted molar refractivity (Wildman–Crippen MR) is 99.9 cm³/mol. The van der Waals surface area contributed by atoms with Gasteiger partial charge in [-0.05, 0) is 34.4 Å². The van der Waals surface area contributed by atoms with Crippen LogP contribution >= 0.6 is 0 Å². The fraction of sp³-hybridized carbons (Fsp3) is 0.389. The molecule has 0 spiro atoms. The number of hydrogen-bond acceptors (Lipinski definition) is 7. The average molecular weight is 371 g/mol. The van der Waals surface area contributed by atoms with Gasteiger partial charge < -0.3 is 20.7 Å². The molecular formula is C18H21N5O4. The summed E-state index contributed by atoms with van der Waals surface area (Å²) in [5.41, 5.74) is 5.45. The van der Waals surface area contributed by atoms with Crippen molar-refractivity contribution < 1.29 is 9.85 Å². The molecule has 27 heavy (non-hydrogen) atoms. The second kappa shape index (κ2) is 6.92. The number of anilines is 1. The highest BCUT2D eigenvalue weighted by Crippen LogP contribution is 2.44. The Balaban J connectivity index is 2.02. The van der Waals surface area contributed by atoms with Gasteiger partial charge in [0, 0.05) is 19.0 Å². The molecule has 0 radical (unpaired) electrons. The van der Waals surface area contributed by atoms with E-state index in [0.29, 0.717) is 25.1 Å². The zero-order valence-electron chi connectivity index (χ0n) is 14.9. The van der Waals surface area contributed by atoms with Crippen LogP contribution in [0.15, 0.2) is 48.7 Å². The summed E-state index contributed by atoms with van der Waals surface area (Å²) in [5.74, 6) is -0.301. The molecular weight excluding hydrogens is 350 g/mol. The van der Waals surface area contributed by atoms with Gasteiger partial charge in [-0.3, -0.25) is 10.1 Å². The number of nitrogens with two attached hydrogens (primary N) is 1. The van der Waals surface area contributed by atoms with Crippen LogP contribution in [-0.2, 0) is 6.42 Å². The van der Waals surface area contributed by atoms with E-state index in [-0.39, 0.29) is 17.2 Å². The summed E-state index contributed by atoms with van der Waals surface area (Å²) in [4.78, 5) is 27.6. The Bertz CT molecular complexity index is 845. The van der Waals surface area contributed by atoms with E-state index in [1.54, 1.807) is 11.8 Å². The largest absolute Gasteiger partial charge is 0.363 e. The number of nitrogens with zero attached hydrogens (tertiary/aromatic N) is 4. The first kappa shape index (κ1) is 18.7. The monoisotopic (exact) mass is 371 g/mol. The van der Waals surface area contributed by atoms with E-state index in [0.717, 1.165) is 5.56 Å². The summed E-state index contributed by atoms with van der Waals surface area (Å²) in [7, 11) is 0. The first-order valence-electron chi connectivity index (χ1n) is 8.69. The van der Waals surface area contributed by atoms with Crippen molar-refractivity contribution in [3.05, 3.63) is 74.5 Å². The molecule has 0 amide bonds. The number of aromatic nitrogens is 1. The number of pyridine rings is 1. The molecule has 1 saturated heterocycles. The summed E-state index contributed by atoms with van der Waals surface area (Å²) >= 11 is 0. The Hall–Kier alpha value is -3.07. The highest BCUT2D eigenvalue weighted by Gasteiger charge is 2.66. The summed E-state index contributed by atoms with van der Waals surface area (Å²) in [6.07, 6.45) is 2.29. The Morgan fingerprint density at radius 2 is 1.89 bits per heavy atom. The van der Waals surface area contributed by atoms with Gasteiger partial charge in [-0.1, -0.05) is 37.3 Å². The maximum atomic E-state index is 12.3. The molecule has 0 aliphatic carbocycles. The van der Waals surface area contributed by atoms with Crippen molar-refractivity contribution in [3.8, 4) is 0 Å². The molecule has 3 rings (SSSR count). The van der Waals surface area contributed by atoms with Crippen molar-refractivity contribution in [2.24, 2.45) is 5.73 Å². The lowest BCUT2D eigenvalue weighted by molar-refractivity contribution is -0.578. The molecule has 2 heterocycles. The first-order chi connectivity index (χ1) is 12.8. The molecule has 1 aliphatic rings. The predicted octanol–water partition coefficient (Wildman–Crippen LogP) is 2.52. The van der Waals surface area contributed by atoms with E-state index in [2.05, 4.69) is 4.98 Å². The van der Waals surface area contributed by atoms with Crippen molar-refractivity contribution in [2.75, 3.05) is 11.4 Å². The molecule has 9 nitrogen and oxygen atoms in total. The number of benzene rings is 1. The molecule has 2 aromatic rings. The fourth-order valence-electron chi connectivity index (χ4n) is 4.10. The van der Waals surface area contributed by atoms with Gasteiger partial charge in [0.2, 0.25) is 0 Å². The van der Waals surface area contributed by atoms with Crippen LogP contribution in [0.25, 0.3) is 0 Å². The molecule has 9 heteroatoms. The van der Waals surface area contributed by atoms with Gasteiger partial charge in [-0.25, -0.2) is 0 Å². The molecule has 0 bridgehead atoms. The average Bonchev–Trinajstić information content (AvgIpc) is 2.95. The van der Waals surface area contributed by atoms with Crippen LogP contribution in [0.1, 0.15) is 25.3 Å². The Morgan fingerprint density at radius 3 is 2.41 bits per heavy atom. The lowest BCUT2D eigenvalue weighted by atomic mass is 9.78. The van der Waals surface area contributed by atoms with Crippen molar-refractivity contribution in [1.82, 2.24) is 4.98 Å². The lowest BCUT2D eigenvalue weighted by Gasteiger charge is -2.40. The smallest absolute Gasteiger partial charge is 0.358 e. The SMILES string of the molecule is CCC1([N+](=O)[O-])N(c2ccc([N+](=O)[O-])nc2)CCC1(N)Cc1ccccc1. The third-order valence-corrected chi connectivity index (χ3v) is 5.41. The van der Waals surface area contributed by atoms with Gasteiger partial charge in [0.05, 0.1) is 10.6 Å². The van der Waals surface area contributed by atoms with Crippen LogP contribution in [0.2, 0.25) is 0 Å². The van der Waals surface area contributed by atoms with Gasteiger partial charge in [0.15, 0.2) is 6.20 Å². The van der Waals surface area contributed by atoms with Crippen molar-refractivity contribution in [2.45, 2.75) is 37.4 Å². The maximum Gasteiger partial charge on any atom is 0.363 e. The fourth-order valence-corrected chi connectivity index (χ4v) is 4.10. The van der Waals surface area contributed by atoms with Crippen molar-refractivity contribution in [3.63, 3.8) is 0 Å². The quantitative estimate of drug-likeness (QED) is 0.610. The Morgan fingerprint density at radius 1 is 1.19 bits per heavy atom. The molecule has 1 fully saturated rings. The molecule has 0 saturated carbocycles. The van der Waals surface area contributed by atoms with Gasteiger partial charge >= 0.3 is 11.5 Å². The Labute approximate surface area is 156 Å². The minimum absolute atomic E-state index is 0.195. The highest BCUT2D eigenvalue weighted by atomic mass is 16.6. The zero-order valence-corrected chi connectivity index (χ0v) is 14.9. The second-order valence-electron chi connectivity index (χ2n) is 6.78. The summed E-state index contributed by atoms with van der Waals surface area (Å²) in [6.45, 7) is 2.12. The van der Waals surface area contributed by atoms with Crippen LogP contribution in [0.5, 0.6) is 0 Å². The normalized spacial score (nSPS) is 24.7. The van der Waals surface area contributed by atoms with Crippen LogP contribution in [0.4, 0.5) is 11.5 Å². The minimum atomic E-state index is -1.53. The first-order valence-corrected chi connectivity index (χ1v) is 8.69. The molecule has 142 valence electrons. The van der Waals surface area contributed by atoms with Gasteiger partial charge in [0.1, 0.15) is 5.54 Å². The van der Waals surface area contributed by atoms with Crippen molar-refractivity contribution in [1.29, 1.82) is 0 Å². The molecule has 2 unspecified atom stereocenters. The summed E-state index contributed by atoms with van der Waals surface area (Å²) in [5, 5.41) is 23.1. The zero-order chi connectivity index (χ0) is 19.7. The van der Waals surface area contributed by atoms with Crippen LogP contribution < -0.4 is 10.6 Å². The van der Waals surface area contributed by atoms with Crippen LogP contribution in [-0.4, -0.2) is 32.6 Å². The van der Waals surface area contributed by atoms with Crippen LogP contribution in [0, 0.1) is 20.2 Å². The molecule has 1 aliphatic heterocycles. The van der Waals surface area contributed by atoms with Crippen LogP contribution in [0.3, 0.4) is 0 Å². The van der Waals surface area contributed by atoms with Crippen molar-refractivity contribution >= 4 is 11.5 Å². The summed E-state index contributed by atoms with van der Waals surface area (Å²) < 4.78 is 0. The maximum absolute atomic E-state index is 12.3. The standard InChI is InChI=1S/C18H21N5O4/c1-2-18(23(26)27)17(19,12-14-6-4-3-5-7-14)10-11-21(18)15-8-9-16(20-13-15)22(24)25/h3-9,13H,2,10-12,19H2,1H3. The second-order valence-corrected chi connectivity index (χ2v) is 6.78. The van der Waals surface area contributed by atoms with Gasteiger partial charge in [-0.2, -0.15) is 0 Å². The van der Waals surface area contributed by atoms with Gasteiger partial charge in [0.25, 0.3) is 0 Å². The molecule has 1 aromatic carbocycles. The van der Waals surface area contributed by atoms with E-state index >= 15 is 0 Å². The van der Waals surface area contributed by atoms with Gasteiger partial charge in [-0.15, -0.1) is 0 Å². The van der Waals surface area contributed by atoms with E-state index in [1.165, 1.54) is 18.3 Å². The molecule has 2 N–H and O–H groups in total. The third kappa shape index (κ3) is 2.99. The Kier molecular flexibility index (Phi) is 4.79. The van der Waals surface area contributed by atoms with E-state index < -0.39 is 16.1 Å². The number of nitro groups is 2.